The third-order valence-corrected chi connectivity index (χ3v) is 0.516. The van der Waals surface area contributed by atoms with Crippen LogP contribution in [0.25, 0.3) is 0 Å². The maximum atomic E-state index is 9.45. The van der Waals surface area contributed by atoms with Crippen LogP contribution < -0.4 is 5.48 Å². The van der Waals surface area contributed by atoms with E-state index in [4.69, 9.17) is 15.4 Å². The van der Waals surface area contributed by atoms with Gasteiger partial charge in [-0.25, -0.2) is 10.3 Å². The van der Waals surface area contributed by atoms with Crippen LogP contribution in [-0.4, -0.2) is 34.0 Å². The molecule has 0 aromatic rings. The van der Waals surface area contributed by atoms with Gasteiger partial charge in [0.05, 0.1) is 0 Å². The monoisotopic (exact) mass is 151 g/mol. The summed E-state index contributed by atoms with van der Waals surface area (Å²) in [4.78, 5) is 9.45. The van der Waals surface area contributed by atoms with Gasteiger partial charge in [0, 0.05) is 6.54 Å². The van der Waals surface area contributed by atoms with Gasteiger partial charge in [-0.05, 0) is 6.92 Å². The number of hydrogen-bond acceptors (Lipinski definition) is 4. The Labute approximate surface area is 59.3 Å². The fourth-order valence-corrected chi connectivity index (χ4v) is 0. The molecular formula is C5H13NO4. The van der Waals surface area contributed by atoms with Crippen LogP contribution in [-0.2, 0) is 4.79 Å². The Bertz CT molecular complexity index is 81.7. The Morgan fingerprint density at radius 3 is 1.90 bits per heavy atom. The number of aliphatic hydroxyl groups is 1. The second-order valence-corrected chi connectivity index (χ2v) is 1.53. The summed E-state index contributed by atoms with van der Waals surface area (Å²) < 4.78 is 0. The maximum absolute atomic E-state index is 9.45. The lowest BCUT2D eigenvalue weighted by Gasteiger charge is -1.89. The molecule has 1 atom stereocenters. The smallest absolute Gasteiger partial charge is 0.332 e. The van der Waals surface area contributed by atoms with Gasteiger partial charge < -0.3 is 15.4 Å². The Hall–Kier alpha value is -0.650. The summed E-state index contributed by atoms with van der Waals surface area (Å²) in [5.74, 6) is -1.19. The topological polar surface area (TPSA) is 89.8 Å². The Kier molecular flexibility index (Phi) is 10.1. The minimum atomic E-state index is -1.23. The molecule has 62 valence electrons. The highest BCUT2D eigenvalue weighted by Crippen LogP contribution is 1.73. The summed E-state index contributed by atoms with van der Waals surface area (Å²) in [6, 6.07) is 0. The van der Waals surface area contributed by atoms with E-state index >= 15 is 0 Å². The van der Waals surface area contributed by atoms with Gasteiger partial charge >= 0.3 is 5.97 Å². The molecule has 5 nitrogen and oxygen atoms in total. The summed E-state index contributed by atoms with van der Waals surface area (Å²) in [5.41, 5.74) is 1.93. The lowest BCUT2D eigenvalue weighted by molar-refractivity contribution is -0.145. The number of hydroxylamine groups is 1. The number of carboxylic acids is 1. The largest absolute Gasteiger partial charge is 0.479 e. The fourth-order valence-electron chi connectivity index (χ4n) is 0. The summed E-state index contributed by atoms with van der Waals surface area (Å²) in [5, 5.41) is 23.4. The number of nitrogens with one attached hydrogen (secondary N) is 1. The van der Waals surface area contributed by atoms with E-state index in [-0.39, 0.29) is 0 Å². The lowest BCUT2D eigenvalue weighted by atomic mass is 10.4. The highest BCUT2D eigenvalue weighted by molar-refractivity contribution is 5.71. The zero-order valence-electron chi connectivity index (χ0n) is 6.03. The lowest BCUT2D eigenvalue weighted by Crippen LogP contribution is -2.13. The van der Waals surface area contributed by atoms with Gasteiger partial charge in [-0.15, -0.1) is 0 Å². The molecule has 0 spiro atoms. The summed E-state index contributed by atoms with van der Waals surface area (Å²) in [6.45, 7) is 3.64. The molecule has 0 aromatic carbocycles. The molecule has 0 saturated heterocycles. The molecule has 5 heteroatoms. The predicted octanol–water partition coefficient (Wildman–Crippen LogP) is -0.563. The summed E-state index contributed by atoms with van der Waals surface area (Å²) >= 11 is 0. The van der Waals surface area contributed by atoms with E-state index in [9.17, 15) is 4.79 Å². The van der Waals surface area contributed by atoms with Crippen molar-refractivity contribution in [1.82, 2.24) is 5.48 Å². The van der Waals surface area contributed by atoms with Crippen LogP contribution in [0.5, 0.6) is 0 Å². The minimum absolute atomic E-state index is 0.625. The van der Waals surface area contributed by atoms with Crippen LogP contribution in [0, 0.1) is 0 Å². The van der Waals surface area contributed by atoms with Gasteiger partial charge in [0.1, 0.15) is 6.10 Å². The third-order valence-electron chi connectivity index (χ3n) is 0.516. The molecule has 1 unspecified atom stereocenters. The van der Waals surface area contributed by atoms with E-state index < -0.39 is 12.1 Å². The molecule has 0 saturated carbocycles. The molecule has 0 bridgehead atoms. The van der Waals surface area contributed by atoms with Crippen LogP contribution in [0.1, 0.15) is 13.8 Å². The molecular weight excluding hydrogens is 138 g/mol. The molecule has 0 amide bonds. The van der Waals surface area contributed by atoms with E-state index in [1.54, 1.807) is 0 Å². The van der Waals surface area contributed by atoms with Crippen molar-refractivity contribution >= 4 is 5.97 Å². The second-order valence-electron chi connectivity index (χ2n) is 1.53. The molecule has 0 aliphatic heterocycles. The second kappa shape index (κ2) is 8.35. The Morgan fingerprint density at radius 1 is 1.70 bits per heavy atom. The molecule has 0 aliphatic rings. The standard InChI is InChI=1S/C3H6O3.C2H7NO/c1-2(4)3(5)6;1-2-3-4/h2,4H,1H3,(H,5,6);3-4H,2H2,1H3. The number of aliphatic hydroxyl groups excluding tert-OH is 1. The maximum Gasteiger partial charge on any atom is 0.332 e. The van der Waals surface area contributed by atoms with Gasteiger partial charge in [0.15, 0.2) is 0 Å². The predicted molar refractivity (Wildman–Crippen MR) is 34.8 cm³/mol. The van der Waals surface area contributed by atoms with Gasteiger partial charge in [-0.1, -0.05) is 6.92 Å². The van der Waals surface area contributed by atoms with Crippen molar-refractivity contribution in [3.63, 3.8) is 0 Å². The zero-order chi connectivity index (χ0) is 8.57. The van der Waals surface area contributed by atoms with Crippen molar-refractivity contribution in [2.24, 2.45) is 0 Å². The minimum Gasteiger partial charge on any atom is -0.479 e. The first-order valence-corrected chi connectivity index (χ1v) is 2.84. The van der Waals surface area contributed by atoms with Crippen LogP contribution in [0.3, 0.4) is 0 Å². The average molecular weight is 151 g/mol. The molecule has 0 radical (unpaired) electrons. The normalized spacial score (nSPS) is 11.2. The molecule has 0 aliphatic carbocycles. The van der Waals surface area contributed by atoms with E-state index in [1.807, 2.05) is 12.4 Å². The third kappa shape index (κ3) is 15.7. The molecule has 10 heavy (non-hydrogen) atoms. The number of carboxylic acid groups (broad SMARTS) is 1. The van der Waals surface area contributed by atoms with Gasteiger partial charge in [-0.2, -0.15) is 0 Å². The average Bonchev–Trinajstić information content (AvgIpc) is 1.89. The van der Waals surface area contributed by atoms with Crippen molar-refractivity contribution < 1.29 is 20.2 Å². The number of aliphatic carboxylic acids is 1. The van der Waals surface area contributed by atoms with E-state index in [2.05, 4.69) is 0 Å². The fraction of sp³-hybridized carbons (Fsp3) is 0.800. The van der Waals surface area contributed by atoms with E-state index in [1.165, 1.54) is 6.92 Å². The SMILES string of the molecule is CC(O)C(=O)O.CCNO. The van der Waals surface area contributed by atoms with Crippen LogP contribution >= 0.6 is 0 Å². The van der Waals surface area contributed by atoms with Crippen LogP contribution in [0.4, 0.5) is 0 Å². The van der Waals surface area contributed by atoms with Gasteiger partial charge in [-0.3, -0.25) is 0 Å². The van der Waals surface area contributed by atoms with Crippen molar-refractivity contribution in [2.45, 2.75) is 20.0 Å². The number of rotatable bonds is 2. The van der Waals surface area contributed by atoms with Gasteiger partial charge in [0.25, 0.3) is 0 Å². The number of carbonyl (C=O) groups is 1. The van der Waals surface area contributed by atoms with Crippen molar-refractivity contribution in [3.8, 4) is 0 Å². The Balaban J connectivity index is 0. The molecule has 0 rings (SSSR count). The zero-order valence-corrected chi connectivity index (χ0v) is 6.03. The molecule has 0 heterocycles. The molecule has 0 fully saturated rings. The van der Waals surface area contributed by atoms with Crippen LogP contribution in [0.15, 0.2) is 0 Å². The van der Waals surface area contributed by atoms with Crippen molar-refractivity contribution in [1.29, 1.82) is 0 Å². The van der Waals surface area contributed by atoms with Crippen molar-refractivity contribution in [2.75, 3.05) is 6.54 Å². The first kappa shape index (κ1) is 12.1. The highest BCUT2D eigenvalue weighted by atomic mass is 16.5. The highest BCUT2D eigenvalue weighted by Gasteiger charge is 2.01. The van der Waals surface area contributed by atoms with E-state index in [0.717, 1.165) is 0 Å². The van der Waals surface area contributed by atoms with Gasteiger partial charge in [0.2, 0.25) is 0 Å². The van der Waals surface area contributed by atoms with Crippen molar-refractivity contribution in [3.05, 3.63) is 0 Å². The molecule has 4 N–H and O–H groups in total. The Morgan fingerprint density at radius 2 is 1.90 bits per heavy atom. The van der Waals surface area contributed by atoms with Crippen LogP contribution in [0.2, 0.25) is 0 Å². The first-order valence-electron chi connectivity index (χ1n) is 2.84. The quantitative estimate of drug-likeness (QED) is 0.397. The van der Waals surface area contributed by atoms with E-state index in [0.29, 0.717) is 6.54 Å². The summed E-state index contributed by atoms with van der Waals surface area (Å²) in [6.07, 6.45) is -1.23. The first-order chi connectivity index (χ1) is 4.56. The summed E-state index contributed by atoms with van der Waals surface area (Å²) in [7, 11) is 0. The number of hydrogen-bond donors (Lipinski definition) is 4. The molecule has 0 aromatic heterocycles.